The van der Waals surface area contributed by atoms with Gasteiger partial charge in [0.2, 0.25) is 0 Å². The molecule has 4 heteroatoms. The lowest BCUT2D eigenvalue weighted by Crippen LogP contribution is -2.03. The minimum atomic E-state index is -0.748. The van der Waals surface area contributed by atoms with Crippen LogP contribution in [-0.4, -0.2) is 5.11 Å². The lowest BCUT2D eigenvalue weighted by atomic mass is 10.0. The average molecular weight is 269 g/mol. The summed E-state index contributed by atoms with van der Waals surface area (Å²) < 4.78 is 18.6. The monoisotopic (exact) mass is 268 g/mol. The van der Waals surface area contributed by atoms with E-state index in [1.807, 2.05) is 6.92 Å². The molecule has 0 aliphatic carbocycles. The summed E-state index contributed by atoms with van der Waals surface area (Å²) in [5.41, 5.74) is 1.30. The number of furan rings is 1. The molecule has 96 valence electrons. The van der Waals surface area contributed by atoms with E-state index in [1.165, 1.54) is 6.07 Å². The third kappa shape index (κ3) is 2.57. The quantitative estimate of drug-likeness (QED) is 0.914. The van der Waals surface area contributed by atoms with Gasteiger partial charge in [-0.25, -0.2) is 4.39 Å². The predicted molar refractivity (Wildman–Crippen MR) is 68.3 cm³/mol. The fourth-order valence-corrected chi connectivity index (χ4v) is 2.21. The summed E-state index contributed by atoms with van der Waals surface area (Å²) in [6.07, 6.45) is -0.488. The van der Waals surface area contributed by atoms with Crippen LogP contribution in [0.25, 0.3) is 0 Å². The molecule has 1 atom stereocenters. The van der Waals surface area contributed by atoms with Crippen molar-refractivity contribution in [1.29, 1.82) is 0 Å². The van der Waals surface area contributed by atoms with E-state index in [1.54, 1.807) is 25.1 Å². The third-order valence-electron chi connectivity index (χ3n) is 2.88. The average Bonchev–Trinajstić information content (AvgIpc) is 2.64. The van der Waals surface area contributed by atoms with Crippen LogP contribution in [-0.2, 0) is 6.42 Å². The fraction of sp³-hybridized carbons (Fsp3) is 0.286. The molecule has 1 aromatic heterocycles. The maximum Gasteiger partial charge on any atom is 0.142 e. The van der Waals surface area contributed by atoms with Gasteiger partial charge in [-0.3, -0.25) is 0 Å². The van der Waals surface area contributed by atoms with Crippen molar-refractivity contribution in [3.05, 3.63) is 57.8 Å². The van der Waals surface area contributed by atoms with E-state index in [0.717, 1.165) is 5.76 Å². The number of benzene rings is 1. The van der Waals surface area contributed by atoms with Crippen molar-refractivity contribution in [1.82, 2.24) is 0 Å². The molecule has 2 aromatic rings. The maximum atomic E-state index is 13.3. The molecule has 0 aliphatic heterocycles. The van der Waals surface area contributed by atoms with Crippen LogP contribution in [0, 0.1) is 19.7 Å². The zero-order chi connectivity index (χ0) is 13.3. The Kier molecular flexibility index (Phi) is 3.73. The number of aryl methyl sites for hydroxylation is 2. The molecule has 1 unspecified atom stereocenters. The minimum Gasteiger partial charge on any atom is -0.466 e. The number of hydrogen-bond donors (Lipinski definition) is 1. The van der Waals surface area contributed by atoms with Crippen molar-refractivity contribution in [2.24, 2.45) is 0 Å². The van der Waals surface area contributed by atoms with Gasteiger partial charge in [0.25, 0.3) is 0 Å². The summed E-state index contributed by atoms with van der Waals surface area (Å²) >= 11 is 5.86. The SMILES string of the molecule is Cc1cc(C(O)Cc2cccc(F)c2Cl)c(C)o1. The van der Waals surface area contributed by atoms with Gasteiger partial charge in [0.15, 0.2) is 0 Å². The van der Waals surface area contributed by atoms with Gasteiger partial charge in [0.05, 0.1) is 11.1 Å². The highest BCUT2D eigenvalue weighted by Crippen LogP contribution is 2.28. The van der Waals surface area contributed by atoms with Gasteiger partial charge >= 0.3 is 0 Å². The fourth-order valence-electron chi connectivity index (χ4n) is 2.01. The first-order chi connectivity index (χ1) is 8.49. The molecule has 2 rings (SSSR count). The molecule has 0 aliphatic rings. The van der Waals surface area contributed by atoms with E-state index >= 15 is 0 Å². The van der Waals surface area contributed by atoms with Crippen LogP contribution in [0.5, 0.6) is 0 Å². The van der Waals surface area contributed by atoms with Crippen molar-refractivity contribution in [3.63, 3.8) is 0 Å². The van der Waals surface area contributed by atoms with Gasteiger partial charge in [-0.1, -0.05) is 23.7 Å². The zero-order valence-electron chi connectivity index (χ0n) is 10.2. The first kappa shape index (κ1) is 13.1. The van der Waals surface area contributed by atoms with E-state index < -0.39 is 11.9 Å². The molecule has 0 bridgehead atoms. The largest absolute Gasteiger partial charge is 0.466 e. The highest BCUT2D eigenvalue weighted by Gasteiger charge is 2.17. The first-order valence-corrected chi connectivity index (χ1v) is 6.04. The molecule has 0 spiro atoms. The standard InChI is InChI=1S/C14H14ClFO2/c1-8-6-11(9(2)18-8)13(17)7-10-4-3-5-12(16)14(10)15/h3-6,13,17H,7H2,1-2H3. The third-order valence-corrected chi connectivity index (χ3v) is 3.31. The Balaban J connectivity index is 2.24. The Morgan fingerprint density at radius 3 is 2.72 bits per heavy atom. The Labute approximate surface area is 110 Å². The van der Waals surface area contributed by atoms with Crippen LogP contribution in [0.3, 0.4) is 0 Å². The van der Waals surface area contributed by atoms with Crippen LogP contribution in [0.15, 0.2) is 28.7 Å². The van der Waals surface area contributed by atoms with E-state index in [4.69, 9.17) is 16.0 Å². The number of hydrogen-bond acceptors (Lipinski definition) is 2. The van der Waals surface area contributed by atoms with Gasteiger partial charge in [-0.15, -0.1) is 0 Å². The molecule has 1 heterocycles. The molecular formula is C14H14ClFO2. The van der Waals surface area contributed by atoms with Crippen LogP contribution in [0.1, 0.15) is 28.8 Å². The van der Waals surface area contributed by atoms with E-state index in [0.29, 0.717) is 16.9 Å². The Hall–Kier alpha value is -1.32. The van der Waals surface area contributed by atoms with Gasteiger partial charge in [0, 0.05) is 12.0 Å². The summed E-state index contributed by atoms with van der Waals surface area (Å²) in [6, 6.07) is 6.37. The smallest absolute Gasteiger partial charge is 0.142 e. The molecule has 0 saturated carbocycles. The topological polar surface area (TPSA) is 33.4 Å². The summed E-state index contributed by atoms with van der Waals surface area (Å²) in [6.45, 7) is 3.61. The molecule has 1 aromatic carbocycles. The number of halogens is 2. The molecule has 0 amide bonds. The lowest BCUT2D eigenvalue weighted by molar-refractivity contribution is 0.176. The van der Waals surface area contributed by atoms with E-state index in [2.05, 4.69) is 0 Å². The number of rotatable bonds is 3. The van der Waals surface area contributed by atoms with Gasteiger partial charge in [-0.2, -0.15) is 0 Å². The normalized spacial score (nSPS) is 12.7. The van der Waals surface area contributed by atoms with Crippen LogP contribution in [0.2, 0.25) is 5.02 Å². The van der Waals surface area contributed by atoms with Gasteiger partial charge in [-0.05, 0) is 31.5 Å². The zero-order valence-corrected chi connectivity index (χ0v) is 11.0. The van der Waals surface area contributed by atoms with Gasteiger partial charge < -0.3 is 9.52 Å². The second-order valence-corrected chi connectivity index (χ2v) is 4.68. The summed E-state index contributed by atoms with van der Waals surface area (Å²) in [4.78, 5) is 0. The van der Waals surface area contributed by atoms with Crippen molar-refractivity contribution >= 4 is 11.6 Å². The highest BCUT2D eigenvalue weighted by molar-refractivity contribution is 6.31. The molecule has 0 radical (unpaired) electrons. The molecule has 1 N–H and O–H groups in total. The first-order valence-electron chi connectivity index (χ1n) is 5.67. The summed E-state index contributed by atoms with van der Waals surface area (Å²) in [5.74, 6) is 0.945. The highest BCUT2D eigenvalue weighted by atomic mass is 35.5. The summed E-state index contributed by atoms with van der Waals surface area (Å²) in [7, 11) is 0. The van der Waals surface area contributed by atoms with Gasteiger partial charge in [0.1, 0.15) is 17.3 Å². The maximum absolute atomic E-state index is 13.3. The van der Waals surface area contributed by atoms with Crippen molar-refractivity contribution in [3.8, 4) is 0 Å². The predicted octanol–water partition coefficient (Wildman–Crippen LogP) is 3.97. The Morgan fingerprint density at radius 2 is 2.11 bits per heavy atom. The minimum absolute atomic E-state index is 0.0643. The van der Waals surface area contributed by atoms with E-state index in [9.17, 15) is 9.50 Å². The molecule has 2 nitrogen and oxygen atoms in total. The number of aliphatic hydroxyl groups is 1. The van der Waals surface area contributed by atoms with Crippen molar-refractivity contribution < 1.29 is 13.9 Å². The second kappa shape index (κ2) is 5.12. The molecular weight excluding hydrogens is 255 g/mol. The number of aliphatic hydroxyl groups excluding tert-OH is 1. The van der Waals surface area contributed by atoms with Crippen molar-refractivity contribution in [2.45, 2.75) is 26.4 Å². The molecule has 18 heavy (non-hydrogen) atoms. The second-order valence-electron chi connectivity index (χ2n) is 4.30. The Morgan fingerprint density at radius 1 is 1.39 bits per heavy atom. The van der Waals surface area contributed by atoms with Crippen LogP contribution >= 0.6 is 11.6 Å². The van der Waals surface area contributed by atoms with E-state index in [-0.39, 0.29) is 11.4 Å². The van der Waals surface area contributed by atoms with Crippen LogP contribution < -0.4 is 0 Å². The summed E-state index contributed by atoms with van der Waals surface area (Å²) in [5, 5.41) is 10.2. The van der Waals surface area contributed by atoms with Crippen LogP contribution in [0.4, 0.5) is 4.39 Å². The van der Waals surface area contributed by atoms with Crippen molar-refractivity contribution in [2.75, 3.05) is 0 Å². The molecule has 0 fully saturated rings. The Bertz CT molecular complexity index is 563. The molecule has 0 saturated heterocycles. The lowest BCUT2D eigenvalue weighted by Gasteiger charge is -2.11.